The molecule has 4 rings (SSSR count). The average Bonchev–Trinajstić information content (AvgIpc) is 3.27. The first-order valence-electron chi connectivity index (χ1n) is 11.0. The lowest BCUT2D eigenvalue weighted by molar-refractivity contribution is -0.119. The van der Waals surface area contributed by atoms with E-state index in [2.05, 4.69) is 15.6 Å². The Bertz CT molecular complexity index is 1140. The zero-order valence-electron chi connectivity index (χ0n) is 18.5. The molecule has 170 valence electrons. The molecule has 33 heavy (non-hydrogen) atoms. The average molecular weight is 447 g/mol. The predicted octanol–water partition coefficient (Wildman–Crippen LogP) is 3.25. The number of aromatic nitrogens is 2. The largest absolute Gasteiger partial charge is 0.451 e. The number of hydrogen-bond donors (Lipinski definition) is 2. The maximum Gasteiger partial charge on any atom is 0.359 e. The van der Waals surface area contributed by atoms with Gasteiger partial charge < -0.3 is 19.9 Å². The number of hydrogen-bond acceptors (Lipinski definition) is 5. The molecule has 0 unspecified atom stereocenters. The number of esters is 1. The first-order chi connectivity index (χ1) is 16.0. The molecule has 2 heterocycles. The molecule has 8 heteroatoms. The summed E-state index contributed by atoms with van der Waals surface area (Å²) in [6.45, 7) is 2.73. The molecule has 2 aromatic carbocycles. The number of aryl methyl sites for hydroxylation is 3. The van der Waals surface area contributed by atoms with Gasteiger partial charge in [-0.2, -0.15) is 0 Å². The lowest BCUT2D eigenvalue weighted by Gasteiger charge is -2.12. The summed E-state index contributed by atoms with van der Waals surface area (Å²) in [7, 11) is 0. The van der Waals surface area contributed by atoms with Crippen LogP contribution in [0.1, 0.15) is 50.6 Å². The zero-order chi connectivity index (χ0) is 23.2. The van der Waals surface area contributed by atoms with Crippen LogP contribution in [0.5, 0.6) is 0 Å². The maximum atomic E-state index is 12.7. The Morgan fingerprint density at radius 1 is 1.06 bits per heavy atom. The van der Waals surface area contributed by atoms with Crippen molar-refractivity contribution in [3.8, 4) is 0 Å². The summed E-state index contributed by atoms with van der Waals surface area (Å²) in [5, 5.41) is 5.51. The van der Waals surface area contributed by atoms with Gasteiger partial charge in [0.05, 0.1) is 11.3 Å². The Hall–Kier alpha value is -3.94. The van der Waals surface area contributed by atoms with Crippen molar-refractivity contribution in [3.63, 3.8) is 0 Å². The molecule has 0 atom stereocenters. The number of nitrogens with one attached hydrogen (secondary N) is 2. The molecule has 1 aliphatic heterocycles. The van der Waals surface area contributed by atoms with Gasteiger partial charge in [0.25, 0.3) is 11.8 Å². The van der Waals surface area contributed by atoms with Gasteiger partial charge in [-0.05, 0) is 37.5 Å². The highest BCUT2D eigenvalue weighted by molar-refractivity contribution is 6.04. The number of anilines is 1. The van der Waals surface area contributed by atoms with Gasteiger partial charge in [0.1, 0.15) is 5.82 Å². The molecule has 2 N–H and O–H groups in total. The number of benzene rings is 2. The van der Waals surface area contributed by atoms with E-state index < -0.39 is 18.5 Å². The monoisotopic (exact) mass is 446 g/mol. The van der Waals surface area contributed by atoms with Gasteiger partial charge in [-0.25, -0.2) is 9.78 Å². The minimum absolute atomic E-state index is 0.204. The van der Waals surface area contributed by atoms with Gasteiger partial charge in [-0.1, -0.05) is 42.0 Å². The molecular formula is C25H26N4O4. The van der Waals surface area contributed by atoms with Gasteiger partial charge >= 0.3 is 5.97 Å². The second kappa shape index (κ2) is 10.1. The molecule has 0 saturated carbocycles. The maximum absolute atomic E-state index is 12.7. The molecule has 0 radical (unpaired) electrons. The van der Waals surface area contributed by atoms with E-state index in [1.54, 1.807) is 30.5 Å². The summed E-state index contributed by atoms with van der Waals surface area (Å²) in [6, 6.07) is 14.6. The number of imidazole rings is 1. The molecule has 0 aliphatic carbocycles. The van der Waals surface area contributed by atoms with E-state index in [1.165, 1.54) is 0 Å². The van der Waals surface area contributed by atoms with Crippen molar-refractivity contribution in [3.05, 3.63) is 82.9 Å². The molecule has 0 saturated heterocycles. The Morgan fingerprint density at radius 3 is 2.64 bits per heavy atom. The van der Waals surface area contributed by atoms with E-state index in [0.717, 1.165) is 42.8 Å². The summed E-state index contributed by atoms with van der Waals surface area (Å²) < 4.78 is 7.08. The van der Waals surface area contributed by atoms with Crippen LogP contribution in [0.3, 0.4) is 0 Å². The number of carbonyl (C=O) groups excluding carboxylic acids is 3. The van der Waals surface area contributed by atoms with Crippen LogP contribution in [0.25, 0.3) is 0 Å². The number of amides is 2. The van der Waals surface area contributed by atoms with Crippen molar-refractivity contribution in [1.82, 2.24) is 14.9 Å². The second-order valence-corrected chi connectivity index (χ2v) is 8.03. The highest BCUT2D eigenvalue weighted by atomic mass is 16.5. The molecule has 0 bridgehead atoms. The van der Waals surface area contributed by atoms with Gasteiger partial charge in [0.15, 0.2) is 12.3 Å². The number of carbonyl (C=O) groups is 3. The van der Waals surface area contributed by atoms with E-state index in [9.17, 15) is 14.4 Å². The van der Waals surface area contributed by atoms with Crippen LogP contribution in [0.4, 0.5) is 5.69 Å². The fourth-order valence-electron chi connectivity index (χ4n) is 3.68. The summed E-state index contributed by atoms with van der Waals surface area (Å²) in [5.41, 5.74) is 2.99. The topological polar surface area (TPSA) is 102 Å². The first-order valence-corrected chi connectivity index (χ1v) is 11.0. The fraction of sp³-hybridized carbons (Fsp3) is 0.280. The summed E-state index contributed by atoms with van der Waals surface area (Å²) in [4.78, 5) is 41.7. The van der Waals surface area contributed by atoms with E-state index >= 15 is 0 Å². The molecule has 8 nitrogen and oxygen atoms in total. The Labute approximate surface area is 192 Å². The minimum atomic E-state index is -0.642. The van der Waals surface area contributed by atoms with Crippen molar-refractivity contribution in [1.29, 1.82) is 0 Å². The highest BCUT2D eigenvalue weighted by Crippen LogP contribution is 2.17. The molecule has 1 aliphatic rings. The molecular weight excluding hydrogens is 420 g/mol. The summed E-state index contributed by atoms with van der Waals surface area (Å²) in [5.74, 6) is -0.627. The number of fused-ring (bicyclic) bond motifs is 1. The van der Waals surface area contributed by atoms with Crippen molar-refractivity contribution in [2.24, 2.45) is 0 Å². The Balaban J connectivity index is 1.32. The Kier molecular flexibility index (Phi) is 6.83. The van der Waals surface area contributed by atoms with E-state index in [-0.39, 0.29) is 11.6 Å². The van der Waals surface area contributed by atoms with Crippen LogP contribution >= 0.6 is 0 Å². The van der Waals surface area contributed by atoms with Crippen LogP contribution in [-0.2, 0) is 29.0 Å². The van der Waals surface area contributed by atoms with Gasteiger partial charge in [0.2, 0.25) is 0 Å². The molecule has 2 amide bonds. The van der Waals surface area contributed by atoms with Gasteiger partial charge in [-0.15, -0.1) is 0 Å². The lowest BCUT2D eigenvalue weighted by atomic mass is 10.1. The van der Waals surface area contributed by atoms with Crippen LogP contribution in [0.15, 0.2) is 54.7 Å². The van der Waals surface area contributed by atoms with Crippen molar-refractivity contribution < 1.29 is 19.1 Å². The third kappa shape index (κ3) is 5.65. The smallest absolute Gasteiger partial charge is 0.359 e. The van der Waals surface area contributed by atoms with Crippen molar-refractivity contribution >= 4 is 23.5 Å². The van der Waals surface area contributed by atoms with E-state index in [0.29, 0.717) is 17.8 Å². The van der Waals surface area contributed by atoms with Crippen LogP contribution < -0.4 is 10.6 Å². The standard InChI is InChI=1S/C25H26N4O4/c1-17-9-11-18(12-10-17)14-26-24(31)19-6-2-3-7-20(19)28-23(30)16-33-25(32)21-15-29-13-5-4-8-22(29)27-21/h2-3,6-7,9-12,15H,4-5,8,13-14,16H2,1H3,(H,26,31)(H,28,30). The van der Waals surface area contributed by atoms with Crippen LogP contribution in [0.2, 0.25) is 0 Å². The Morgan fingerprint density at radius 2 is 1.85 bits per heavy atom. The molecule has 0 spiro atoms. The zero-order valence-corrected chi connectivity index (χ0v) is 18.5. The van der Waals surface area contributed by atoms with Gasteiger partial charge in [-0.3, -0.25) is 9.59 Å². The van der Waals surface area contributed by atoms with E-state index in [4.69, 9.17) is 4.74 Å². The fourth-order valence-corrected chi connectivity index (χ4v) is 3.68. The number of rotatable bonds is 7. The summed E-state index contributed by atoms with van der Waals surface area (Å²) in [6.07, 6.45) is 4.60. The van der Waals surface area contributed by atoms with Crippen LogP contribution in [-0.4, -0.2) is 33.9 Å². The first kappa shape index (κ1) is 22.3. The summed E-state index contributed by atoms with van der Waals surface area (Å²) >= 11 is 0. The SMILES string of the molecule is Cc1ccc(CNC(=O)c2ccccc2NC(=O)COC(=O)c2cn3c(n2)CCCC3)cc1. The number of para-hydroxylation sites is 1. The predicted molar refractivity (Wildman–Crippen MR) is 123 cm³/mol. The number of ether oxygens (including phenoxy) is 1. The minimum Gasteiger partial charge on any atom is -0.451 e. The second-order valence-electron chi connectivity index (χ2n) is 8.03. The van der Waals surface area contributed by atoms with Crippen molar-refractivity contribution in [2.75, 3.05) is 11.9 Å². The molecule has 0 fully saturated rings. The third-order valence-electron chi connectivity index (χ3n) is 5.47. The number of nitrogens with zero attached hydrogens (tertiary/aromatic N) is 2. The lowest BCUT2D eigenvalue weighted by Crippen LogP contribution is -2.26. The van der Waals surface area contributed by atoms with Gasteiger partial charge in [0, 0.05) is 25.7 Å². The molecule has 3 aromatic rings. The highest BCUT2D eigenvalue weighted by Gasteiger charge is 2.19. The molecule has 1 aromatic heterocycles. The van der Waals surface area contributed by atoms with Crippen LogP contribution in [0, 0.1) is 6.92 Å². The quantitative estimate of drug-likeness (QED) is 0.543. The van der Waals surface area contributed by atoms with E-state index in [1.807, 2.05) is 35.8 Å². The normalized spacial score (nSPS) is 12.5. The van der Waals surface area contributed by atoms with Crippen molar-refractivity contribution in [2.45, 2.75) is 39.3 Å². The third-order valence-corrected chi connectivity index (χ3v) is 5.47.